The molecule has 134 valence electrons. The van der Waals surface area contributed by atoms with Gasteiger partial charge in [-0.05, 0) is 48.2 Å². The predicted octanol–water partition coefficient (Wildman–Crippen LogP) is 2.55. The number of nitrogen functional groups attached to an aromatic ring is 1. The van der Waals surface area contributed by atoms with Gasteiger partial charge in [0.05, 0.1) is 12.1 Å². The zero-order valence-electron chi connectivity index (χ0n) is 14.1. The highest BCUT2D eigenvalue weighted by Gasteiger charge is 2.06. The lowest BCUT2D eigenvalue weighted by atomic mass is 10.1. The van der Waals surface area contributed by atoms with Crippen molar-refractivity contribution in [3.63, 3.8) is 0 Å². The molecule has 1 amide bonds. The third-order valence-electron chi connectivity index (χ3n) is 3.69. The van der Waals surface area contributed by atoms with Crippen molar-refractivity contribution in [2.45, 2.75) is 19.3 Å². The van der Waals surface area contributed by atoms with Crippen molar-refractivity contribution in [2.24, 2.45) is 5.73 Å². The number of hydrogen-bond donors (Lipinski definition) is 3. The Labute approximate surface area is 153 Å². The molecule has 0 atom stereocenters. The van der Waals surface area contributed by atoms with Crippen LogP contribution < -0.4 is 21.5 Å². The topological polar surface area (TPSA) is 90.4 Å². The molecule has 0 aliphatic heterocycles. The lowest BCUT2D eigenvalue weighted by molar-refractivity contribution is -0.120. The molecule has 0 saturated carbocycles. The van der Waals surface area contributed by atoms with E-state index in [9.17, 15) is 4.79 Å². The number of rotatable bonds is 9. The number of carbonyl (C=O) groups excluding carboxylic acids is 1. The Morgan fingerprint density at radius 3 is 2.52 bits per heavy atom. The van der Waals surface area contributed by atoms with Crippen LogP contribution in [-0.4, -0.2) is 25.6 Å². The first-order chi connectivity index (χ1) is 12.1. The largest absolute Gasteiger partial charge is 0.490 e. The normalized spacial score (nSPS) is 10.5. The van der Waals surface area contributed by atoms with Crippen LogP contribution in [-0.2, 0) is 17.6 Å². The zero-order chi connectivity index (χ0) is 18.1. The molecule has 5 nitrogen and oxygen atoms in total. The monoisotopic (exact) mass is 361 g/mol. The van der Waals surface area contributed by atoms with E-state index >= 15 is 0 Å². The van der Waals surface area contributed by atoms with Crippen LogP contribution >= 0.6 is 11.6 Å². The minimum atomic E-state index is -0.0221. The van der Waals surface area contributed by atoms with Gasteiger partial charge in [0.1, 0.15) is 12.4 Å². The lowest BCUT2D eigenvalue weighted by Crippen LogP contribution is -2.26. The second-order valence-electron chi connectivity index (χ2n) is 5.77. The van der Waals surface area contributed by atoms with E-state index in [-0.39, 0.29) is 5.91 Å². The molecule has 0 spiro atoms. The van der Waals surface area contributed by atoms with Gasteiger partial charge in [-0.2, -0.15) is 0 Å². The molecule has 0 unspecified atom stereocenters. The van der Waals surface area contributed by atoms with E-state index in [1.54, 1.807) is 12.1 Å². The van der Waals surface area contributed by atoms with Gasteiger partial charge in [0.2, 0.25) is 5.91 Å². The summed E-state index contributed by atoms with van der Waals surface area (Å²) < 4.78 is 5.42. The highest BCUT2D eigenvalue weighted by atomic mass is 35.5. The number of anilines is 1. The van der Waals surface area contributed by atoms with Crippen LogP contribution in [0.4, 0.5) is 5.69 Å². The maximum atomic E-state index is 12.0. The molecule has 0 radical (unpaired) electrons. The summed E-state index contributed by atoms with van der Waals surface area (Å²) in [5, 5.41) is 3.66. The van der Waals surface area contributed by atoms with E-state index in [2.05, 4.69) is 5.32 Å². The van der Waals surface area contributed by atoms with Crippen molar-refractivity contribution >= 4 is 23.2 Å². The van der Waals surface area contributed by atoms with Crippen molar-refractivity contribution in [1.82, 2.24) is 5.32 Å². The van der Waals surface area contributed by atoms with Gasteiger partial charge in [0, 0.05) is 18.1 Å². The van der Waals surface area contributed by atoms with Crippen LogP contribution in [0, 0.1) is 0 Å². The van der Waals surface area contributed by atoms with E-state index in [1.807, 2.05) is 30.3 Å². The van der Waals surface area contributed by atoms with Gasteiger partial charge < -0.3 is 21.5 Å². The molecular weight excluding hydrogens is 338 g/mol. The Morgan fingerprint density at radius 1 is 1.12 bits per heavy atom. The molecule has 2 aromatic carbocycles. The molecule has 0 heterocycles. The fourth-order valence-electron chi connectivity index (χ4n) is 2.43. The number of benzene rings is 2. The number of hydrogen-bond acceptors (Lipinski definition) is 4. The first-order valence-corrected chi connectivity index (χ1v) is 8.68. The predicted molar refractivity (Wildman–Crippen MR) is 102 cm³/mol. The SMILES string of the molecule is NCCOc1ccc(CC(=O)NCCCc2ccc(Cl)cc2)cc1N. The third kappa shape index (κ3) is 6.64. The van der Waals surface area contributed by atoms with Crippen molar-refractivity contribution in [1.29, 1.82) is 0 Å². The summed E-state index contributed by atoms with van der Waals surface area (Å²) in [7, 11) is 0. The van der Waals surface area contributed by atoms with Crippen LogP contribution in [0.15, 0.2) is 42.5 Å². The summed E-state index contributed by atoms with van der Waals surface area (Å²) in [4.78, 5) is 12.0. The van der Waals surface area contributed by atoms with Gasteiger partial charge in [-0.1, -0.05) is 29.8 Å². The summed E-state index contributed by atoms with van der Waals surface area (Å²) in [6.07, 6.45) is 2.07. The number of ether oxygens (including phenoxy) is 1. The molecule has 2 rings (SSSR count). The van der Waals surface area contributed by atoms with Gasteiger partial charge in [0.15, 0.2) is 0 Å². The molecule has 6 heteroatoms. The molecule has 5 N–H and O–H groups in total. The van der Waals surface area contributed by atoms with E-state index in [0.29, 0.717) is 37.6 Å². The fraction of sp³-hybridized carbons (Fsp3) is 0.316. The average molecular weight is 362 g/mol. The van der Waals surface area contributed by atoms with Crippen molar-refractivity contribution in [2.75, 3.05) is 25.4 Å². The Balaban J connectivity index is 1.72. The summed E-state index contributed by atoms with van der Waals surface area (Å²) in [5.74, 6) is 0.573. The molecule has 2 aromatic rings. The first kappa shape index (κ1) is 19.1. The maximum absolute atomic E-state index is 12.0. The van der Waals surface area contributed by atoms with Crippen molar-refractivity contribution in [3.8, 4) is 5.75 Å². The third-order valence-corrected chi connectivity index (χ3v) is 3.94. The lowest BCUT2D eigenvalue weighted by Gasteiger charge is -2.10. The standard InChI is InChI=1S/C19H24ClN3O2/c20-16-6-3-14(4-7-16)2-1-10-23-19(24)13-15-5-8-18(17(22)12-15)25-11-9-21/h3-8,12H,1-2,9-11,13,21-22H2,(H,23,24). The number of halogens is 1. The van der Waals surface area contributed by atoms with Crippen LogP contribution in [0.3, 0.4) is 0 Å². The van der Waals surface area contributed by atoms with E-state index in [4.69, 9.17) is 27.8 Å². The van der Waals surface area contributed by atoms with Gasteiger partial charge >= 0.3 is 0 Å². The van der Waals surface area contributed by atoms with Gasteiger partial charge in [-0.15, -0.1) is 0 Å². The Morgan fingerprint density at radius 2 is 1.84 bits per heavy atom. The number of nitrogens with one attached hydrogen (secondary N) is 1. The number of aryl methyl sites for hydroxylation is 1. The van der Waals surface area contributed by atoms with Crippen molar-refractivity contribution in [3.05, 3.63) is 58.6 Å². The molecule has 0 fully saturated rings. The van der Waals surface area contributed by atoms with Gasteiger partial charge in [0.25, 0.3) is 0 Å². The molecule has 0 aliphatic carbocycles. The highest BCUT2D eigenvalue weighted by Crippen LogP contribution is 2.22. The van der Waals surface area contributed by atoms with E-state index in [1.165, 1.54) is 5.56 Å². The number of amides is 1. The zero-order valence-corrected chi connectivity index (χ0v) is 14.9. The van der Waals surface area contributed by atoms with Gasteiger partial charge in [-0.3, -0.25) is 4.79 Å². The number of nitrogens with two attached hydrogens (primary N) is 2. The summed E-state index contributed by atoms with van der Waals surface area (Å²) in [5.41, 5.74) is 13.9. The Kier molecular flexibility index (Phi) is 7.57. The maximum Gasteiger partial charge on any atom is 0.224 e. The first-order valence-electron chi connectivity index (χ1n) is 8.31. The van der Waals surface area contributed by atoms with Gasteiger partial charge in [-0.25, -0.2) is 0 Å². The summed E-state index contributed by atoms with van der Waals surface area (Å²) in [6.45, 7) is 1.48. The van der Waals surface area contributed by atoms with Crippen LogP contribution in [0.2, 0.25) is 5.02 Å². The quantitative estimate of drug-likeness (QED) is 0.473. The summed E-state index contributed by atoms with van der Waals surface area (Å²) >= 11 is 5.86. The molecule has 0 bridgehead atoms. The van der Waals surface area contributed by atoms with Crippen LogP contribution in [0.25, 0.3) is 0 Å². The Hall–Kier alpha value is -2.24. The molecule has 25 heavy (non-hydrogen) atoms. The molecular formula is C19H24ClN3O2. The van der Waals surface area contributed by atoms with E-state index in [0.717, 1.165) is 23.4 Å². The number of carbonyl (C=O) groups is 1. The molecule has 0 saturated heterocycles. The highest BCUT2D eigenvalue weighted by molar-refractivity contribution is 6.30. The van der Waals surface area contributed by atoms with Crippen LogP contribution in [0.5, 0.6) is 5.75 Å². The second kappa shape index (κ2) is 9.91. The van der Waals surface area contributed by atoms with Crippen molar-refractivity contribution < 1.29 is 9.53 Å². The summed E-state index contributed by atoms with van der Waals surface area (Å²) in [6, 6.07) is 13.1. The minimum Gasteiger partial charge on any atom is -0.490 e. The Bertz CT molecular complexity index is 690. The second-order valence-corrected chi connectivity index (χ2v) is 6.20. The average Bonchev–Trinajstić information content (AvgIpc) is 2.59. The smallest absolute Gasteiger partial charge is 0.224 e. The molecule has 0 aromatic heterocycles. The fourth-order valence-corrected chi connectivity index (χ4v) is 2.55. The van der Waals surface area contributed by atoms with Crippen LogP contribution in [0.1, 0.15) is 17.5 Å². The molecule has 0 aliphatic rings. The minimum absolute atomic E-state index is 0.0221. The van der Waals surface area contributed by atoms with E-state index < -0.39 is 0 Å².